The van der Waals surface area contributed by atoms with E-state index in [4.69, 9.17) is 4.99 Å². The second kappa shape index (κ2) is 9.11. The highest BCUT2D eigenvalue weighted by Gasteiger charge is 2.51. The van der Waals surface area contributed by atoms with Crippen LogP contribution in [0.25, 0.3) is 0 Å². The molecule has 2 N–H and O–H groups in total. The zero-order valence-electron chi connectivity index (χ0n) is 22.5. The summed E-state index contributed by atoms with van der Waals surface area (Å²) in [5.74, 6) is 0.174. The molecule has 1 saturated carbocycles. The molecule has 2 spiro atoms. The van der Waals surface area contributed by atoms with E-state index in [1.165, 1.54) is 0 Å². The monoisotopic (exact) mass is 533 g/mol. The largest absolute Gasteiger partial charge is 0.325 e. The van der Waals surface area contributed by atoms with E-state index in [0.717, 1.165) is 59.9 Å². The van der Waals surface area contributed by atoms with Crippen LogP contribution in [0.15, 0.2) is 65.8 Å². The normalized spacial score (nSPS) is 22.3. The summed E-state index contributed by atoms with van der Waals surface area (Å²) in [6.45, 7) is 1.93. The standard InChI is InChI=1S/C32H31N5O3/c1-20-8-3-4-9-24(20)27-29(39)37(32(36-27)13-5-2-6-14-32)19-26(38)34-23-12-11-21-17-31(18-22(21)16-23)25-10-7-15-33-28(25)35-30(31)40/h3-4,7-12,15-16H,2,5-6,13-14,17-19H2,1H3,(H,34,38)(H,33,35,40). The molecule has 0 saturated heterocycles. The molecule has 8 heteroatoms. The van der Waals surface area contributed by atoms with E-state index < -0.39 is 11.1 Å². The third-order valence-electron chi connectivity index (χ3n) is 9.09. The lowest BCUT2D eigenvalue weighted by Crippen LogP contribution is -2.51. The lowest BCUT2D eigenvalue weighted by Gasteiger charge is -2.38. The average Bonchev–Trinajstić information content (AvgIpc) is 3.55. The molecule has 202 valence electrons. The number of nitrogens with one attached hydrogen (secondary N) is 2. The average molecular weight is 534 g/mol. The van der Waals surface area contributed by atoms with Crippen molar-refractivity contribution in [3.05, 3.63) is 88.6 Å². The number of aromatic nitrogens is 1. The maximum atomic E-state index is 13.7. The fourth-order valence-electron chi connectivity index (χ4n) is 7.05. The Morgan fingerprint density at radius 3 is 2.62 bits per heavy atom. The molecule has 1 fully saturated rings. The van der Waals surface area contributed by atoms with Crippen LogP contribution in [0.3, 0.4) is 0 Å². The summed E-state index contributed by atoms with van der Waals surface area (Å²) in [5.41, 5.74) is 4.69. The molecule has 2 aromatic carbocycles. The Bertz CT molecular complexity index is 1610. The minimum absolute atomic E-state index is 0.0298. The number of benzene rings is 2. The second-order valence-electron chi connectivity index (χ2n) is 11.5. The molecule has 3 aromatic rings. The van der Waals surface area contributed by atoms with Crippen molar-refractivity contribution in [2.45, 2.75) is 62.9 Å². The van der Waals surface area contributed by atoms with Crippen LogP contribution >= 0.6 is 0 Å². The number of anilines is 2. The third-order valence-corrected chi connectivity index (χ3v) is 9.09. The van der Waals surface area contributed by atoms with Crippen molar-refractivity contribution in [3.8, 4) is 0 Å². The molecule has 8 nitrogen and oxygen atoms in total. The maximum Gasteiger partial charge on any atom is 0.275 e. The van der Waals surface area contributed by atoms with Gasteiger partial charge in [-0.3, -0.25) is 19.4 Å². The predicted molar refractivity (Wildman–Crippen MR) is 152 cm³/mol. The number of carbonyl (C=O) groups is 3. The molecule has 0 bridgehead atoms. The minimum Gasteiger partial charge on any atom is -0.325 e. The molecule has 3 amide bonds. The summed E-state index contributed by atoms with van der Waals surface area (Å²) in [7, 11) is 0. The highest BCUT2D eigenvalue weighted by atomic mass is 16.2. The highest BCUT2D eigenvalue weighted by molar-refractivity contribution is 6.47. The summed E-state index contributed by atoms with van der Waals surface area (Å²) >= 11 is 0. The van der Waals surface area contributed by atoms with E-state index in [9.17, 15) is 14.4 Å². The van der Waals surface area contributed by atoms with Gasteiger partial charge in [0.15, 0.2) is 0 Å². The SMILES string of the molecule is Cc1ccccc1C1=NC2(CCCCC2)N(CC(=O)Nc2ccc3c(c2)CC2(C3)C(=O)Nc3ncccc32)C1=O. The van der Waals surface area contributed by atoms with Gasteiger partial charge in [-0.25, -0.2) is 4.98 Å². The number of pyridine rings is 1. The van der Waals surface area contributed by atoms with Crippen molar-refractivity contribution < 1.29 is 14.4 Å². The number of nitrogens with zero attached hydrogens (tertiary/aromatic N) is 3. The highest BCUT2D eigenvalue weighted by Crippen LogP contribution is 2.47. The number of carbonyl (C=O) groups excluding carboxylic acids is 3. The topological polar surface area (TPSA) is 104 Å². The van der Waals surface area contributed by atoms with E-state index in [2.05, 4.69) is 15.6 Å². The molecule has 0 radical (unpaired) electrons. The molecule has 1 aromatic heterocycles. The van der Waals surface area contributed by atoms with Crippen molar-refractivity contribution in [1.82, 2.24) is 9.88 Å². The number of aryl methyl sites for hydroxylation is 1. The first-order chi connectivity index (χ1) is 19.4. The summed E-state index contributed by atoms with van der Waals surface area (Å²) < 4.78 is 0. The molecule has 40 heavy (non-hydrogen) atoms. The molecule has 2 aliphatic carbocycles. The number of rotatable bonds is 4. The van der Waals surface area contributed by atoms with Gasteiger partial charge in [0.05, 0.1) is 5.41 Å². The number of amides is 3. The van der Waals surface area contributed by atoms with Crippen LogP contribution in [-0.2, 0) is 32.6 Å². The number of aliphatic imine (C=N–C) groups is 1. The Labute approximate surface area is 232 Å². The van der Waals surface area contributed by atoms with Crippen LogP contribution in [0.2, 0.25) is 0 Å². The quantitative estimate of drug-likeness (QED) is 0.522. The zero-order chi connectivity index (χ0) is 27.5. The van der Waals surface area contributed by atoms with Crippen molar-refractivity contribution in [2.75, 3.05) is 17.2 Å². The van der Waals surface area contributed by atoms with Gasteiger partial charge in [-0.15, -0.1) is 0 Å². The van der Waals surface area contributed by atoms with Gasteiger partial charge in [0.25, 0.3) is 5.91 Å². The van der Waals surface area contributed by atoms with Gasteiger partial charge in [0.2, 0.25) is 11.8 Å². The van der Waals surface area contributed by atoms with Gasteiger partial charge < -0.3 is 15.5 Å². The van der Waals surface area contributed by atoms with Crippen LogP contribution in [-0.4, -0.2) is 45.5 Å². The van der Waals surface area contributed by atoms with Gasteiger partial charge in [-0.05, 0) is 80.3 Å². The summed E-state index contributed by atoms with van der Waals surface area (Å²) in [6.07, 6.45) is 7.44. The van der Waals surface area contributed by atoms with E-state index >= 15 is 0 Å². The number of hydrogen-bond donors (Lipinski definition) is 2. The van der Waals surface area contributed by atoms with Crippen molar-refractivity contribution >= 4 is 34.9 Å². The third kappa shape index (κ3) is 3.77. The number of fused-ring (bicyclic) bond motifs is 3. The van der Waals surface area contributed by atoms with Crippen LogP contribution in [0.4, 0.5) is 11.5 Å². The van der Waals surface area contributed by atoms with Crippen LogP contribution in [0.1, 0.15) is 59.9 Å². The Hall–Kier alpha value is -4.33. The van der Waals surface area contributed by atoms with E-state index in [0.29, 0.717) is 30.1 Å². The smallest absolute Gasteiger partial charge is 0.275 e. The molecule has 3 heterocycles. The fraction of sp³-hybridized carbons (Fsp3) is 0.344. The second-order valence-corrected chi connectivity index (χ2v) is 11.5. The molecule has 2 aliphatic heterocycles. The van der Waals surface area contributed by atoms with E-state index in [1.54, 1.807) is 11.1 Å². The van der Waals surface area contributed by atoms with E-state index in [1.807, 2.05) is 61.5 Å². The summed E-state index contributed by atoms with van der Waals surface area (Å²) in [5, 5.41) is 5.96. The van der Waals surface area contributed by atoms with Crippen LogP contribution in [0, 0.1) is 6.92 Å². The van der Waals surface area contributed by atoms with Gasteiger partial charge in [0, 0.05) is 23.0 Å². The zero-order valence-corrected chi connectivity index (χ0v) is 22.5. The number of hydrogen-bond acceptors (Lipinski definition) is 5. The van der Waals surface area contributed by atoms with Crippen LogP contribution < -0.4 is 10.6 Å². The minimum atomic E-state index is -0.661. The molecular weight excluding hydrogens is 502 g/mol. The van der Waals surface area contributed by atoms with Crippen LogP contribution in [0.5, 0.6) is 0 Å². The van der Waals surface area contributed by atoms with E-state index in [-0.39, 0.29) is 24.3 Å². The van der Waals surface area contributed by atoms with Gasteiger partial charge >= 0.3 is 0 Å². The summed E-state index contributed by atoms with van der Waals surface area (Å²) in [4.78, 5) is 51.2. The lowest BCUT2D eigenvalue weighted by molar-refractivity contribution is -0.134. The van der Waals surface area contributed by atoms with Crippen molar-refractivity contribution in [1.29, 1.82) is 0 Å². The predicted octanol–water partition coefficient (Wildman–Crippen LogP) is 4.31. The molecular formula is C32H31N5O3. The van der Waals surface area contributed by atoms with Gasteiger partial charge in [0.1, 0.15) is 23.7 Å². The molecule has 7 rings (SSSR count). The maximum absolute atomic E-state index is 13.7. The molecule has 1 unspecified atom stereocenters. The Morgan fingerprint density at radius 2 is 1.80 bits per heavy atom. The lowest BCUT2D eigenvalue weighted by atomic mass is 9.79. The first-order valence-electron chi connectivity index (χ1n) is 14.1. The van der Waals surface area contributed by atoms with Crippen molar-refractivity contribution in [2.24, 2.45) is 4.99 Å². The first-order valence-corrected chi connectivity index (χ1v) is 14.1. The molecule has 1 atom stereocenters. The molecule has 4 aliphatic rings. The first kappa shape index (κ1) is 24.7. The van der Waals surface area contributed by atoms with Gasteiger partial charge in [-0.2, -0.15) is 0 Å². The Kier molecular flexibility index (Phi) is 5.63. The Balaban J connectivity index is 1.11. The Morgan fingerprint density at radius 1 is 1.00 bits per heavy atom. The van der Waals surface area contributed by atoms with Gasteiger partial charge in [-0.1, -0.05) is 42.8 Å². The van der Waals surface area contributed by atoms with Crippen molar-refractivity contribution in [3.63, 3.8) is 0 Å². The summed E-state index contributed by atoms with van der Waals surface area (Å²) in [6, 6.07) is 17.4. The fourth-order valence-corrected chi connectivity index (χ4v) is 7.05.